The minimum absolute atomic E-state index is 0.154. The van der Waals surface area contributed by atoms with Crippen LogP contribution < -0.4 is 15.0 Å². The largest absolute Gasteiger partial charge is 0.493 e. The van der Waals surface area contributed by atoms with Crippen LogP contribution in [0.5, 0.6) is 5.75 Å². The molecule has 0 fully saturated rings. The summed E-state index contributed by atoms with van der Waals surface area (Å²) in [6, 6.07) is 13.8. The van der Waals surface area contributed by atoms with Crippen molar-refractivity contribution in [3.05, 3.63) is 77.5 Å². The van der Waals surface area contributed by atoms with E-state index >= 15 is 4.39 Å². The van der Waals surface area contributed by atoms with Gasteiger partial charge in [-0.1, -0.05) is 45.1 Å². The zero-order valence-electron chi connectivity index (χ0n) is 22.1. The van der Waals surface area contributed by atoms with Gasteiger partial charge in [0.15, 0.2) is 0 Å². The molecule has 2 aromatic carbocycles. The number of fused-ring (bicyclic) bond motifs is 1. The first-order valence-electron chi connectivity index (χ1n) is 13.4. The molecule has 0 saturated carbocycles. The molecule has 1 aromatic heterocycles. The maximum atomic E-state index is 15.0. The van der Waals surface area contributed by atoms with E-state index in [9.17, 15) is 9.90 Å². The first-order valence-corrected chi connectivity index (χ1v) is 14.3. The van der Waals surface area contributed by atoms with E-state index in [1.165, 1.54) is 43.5 Å². The van der Waals surface area contributed by atoms with Gasteiger partial charge in [0.25, 0.3) is 5.91 Å². The second kappa shape index (κ2) is 13.7. The molecule has 8 heteroatoms. The second-order valence-corrected chi connectivity index (χ2v) is 11.1. The number of carbonyl (C=O) groups is 1. The highest BCUT2D eigenvalue weighted by Crippen LogP contribution is 2.43. The lowest BCUT2D eigenvalue weighted by molar-refractivity contribution is 0.0948. The smallest absolute Gasteiger partial charge is 0.251 e. The summed E-state index contributed by atoms with van der Waals surface area (Å²) in [5.74, 6) is 0.605. The van der Waals surface area contributed by atoms with Gasteiger partial charge in [-0.05, 0) is 55.8 Å². The molecule has 38 heavy (non-hydrogen) atoms. The molecule has 2 unspecified atom stereocenters. The molecule has 6 nitrogen and oxygen atoms in total. The molecule has 2 atom stereocenters. The van der Waals surface area contributed by atoms with Crippen LogP contribution in [-0.4, -0.2) is 29.1 Å². The van der Waals surface area contributed by atoms with Crippen LogP contribution in [-0.2, 0) is 13.1 Å². The number of aliphatic hydroxyl groups excluding tert-OH is 1. The fourth-order valence-corrected chi connectivity index (χ4v) is 5.74. The molecule has 1 aliphatic rings. The summed E-state index contributed by atoms with van der Waals surface area (Å²) in [6.45, 7) is 5.11. The lowest BCUT2D eigenvalue weighted by Gasteiger charge is -2.39. The predicted molar refractivity (Wildman–Crippen MR) is 149 cm³/mol. The molecule has 3 aromatic rings. The lowest BCUT2D eigenvalue weighted by atomic mass is 10.1. The monoisotopic (exact) mass is 540 g/mol. The quantitative estimate of drug-likeness (QED) is 0.230. The maximum Gasteiger partial charge on any atom is 0.251 e. The Kier molecular flexibility index (Phi) is 10.1. The summed E-state index contributed by atoms with van der Waals surface area (Å²) < 4.78 is 26.3. The van der Waals surface area contributed by atoms with Crippen molar-refractivity contribution in [2.45, 2.75) is 81.8 Å². The van der Waals surface area contributed by atoms with Gasteiger partial charge in [-0.3, -0.25) is 4.79 Å². The Morgan fingerprint density at radius 1 is 1.13 bits per heavy atom. The van der Waals surface area contributed by atoms with Crippen molar-refractivity contribution in [3.8, 4) is 5.75 Å². The molecule has 2 N–H and O–H groups in total. The van der Waals surface area contributed by atoms with E-state index in [1.54, 1.807) is 41.5 Å². The standard InChI is InChI=1S/C30H37FN2O4S/c1-3-4-5-6-7-8-16-37-27-13-9-12-25(31)24(27)20-33-26-15-14-22(18-28(26)38-21(2)30(33)35)29(34)32-19-23-11-10-17-36-23/h9-15,17-18,21,30,35H,3-8,16,19-20H2,1-2H3,(H,32,34). The van der Waals surface area contributed by atoms with Crippen molar-refractivity contribution in [1.29, 1.82) is 0 Å². The van der Waals surface area contributed by atoms with E-state index in [1.807, 2.05) is 19.1 Å². The number of nitrogens with zero attached hydrogens (tertiary/aromatic N) is 1. The normalized spacial score (nSPS) is 16.8. The summed E-state index contributed by atoms with van der Waals surface area (Å²) in [4.78, 5) is 15.4. The molecule has 0 saturated heterocycles. The van der Waals surface area contributed by atoms with Crippen LogP contribution in [0.1, 0.15) is 74.1 Å². The molecule has 0 aliphatic carbocycles. The van der Waals surface area contributed by atoms with Crippen LogP contribution in [0.15, 0.2) is 64.1 Å². The summed E-state index contributed by atoms with van der Waals surface area (Å²) in [5.41, 5.74) is 1.69. The number of halogens is 1. The van der Waals surface area contributed by atoms with Gasteiger partial charge in [-0.25, -0.2) is 4.39 Å². The van der Waals surface area contributed by atoms with Gasteiger partial charge in [0, 0.05) is 16.0 Å². The van der Waals surface area contributed by atoms with E-state index in [0.29, 0.717) is 35.8 Å². The van der Waals surface area contributed by atoms with Crippen LogP contribution >= 0.6 is 11.8 Å². The molecule has 4 rings (SSSR count). The minimum atomic E-state index is -0.822. The number of nitrogens with one attached hydrogen (secondary N) is 1. The van der Waals surface area contributed by atoms with Crippen molar-refractivity contribution in [3.63, 3.8) is 0 Å². The number of amides is 1. The van der Waals surface area contributed by atoms with Crippen molar-refractivity contribution in [2.75, 3.05) is 11.5 Å². The number of ether oxygens (including phenoxy) is 1. The second-order valence-electron chi connectivity index (χ2n) is 9.64. The highest BCUT2D eigenvalue weighted by Gasteiger charge is 2.32. The number of unbranched alkanes of at least 4 members (excludes halogenated alkanes) is 5. The molecule has 1 amide bonds. The average Bonchev–Trinajstić information content (AvgIpc) is 3.44. The molecule has 1 aliphatic heterocycles. The first-order chi connectivity index (χ1) is 18.5. The Morgan fingerprint density at radius 2 is 1.95 bits per heavy atom. The molecule has 0 spiro atoms. The lowest BCUT2D eigenvalue weighted by Crippen LogP contribution is -2.44. The van der Waals surface area contributed by atoms with Crippen LogP contribution in [0.25, 0.3) is 0 Å². The summed E-state index contributed by atoms with van der Waals surface area (Å²) >= 11 is 1.50. The Balaban J connectivity index is 1.46. The minimum Gasteiger partial charge on any atom is -0.493 e. The topological polar surface area (TPSA) is 74.9 Å². The van der Waals surface area contributed by atoms with Gasteiger partial charge in [0.05, 0.1) is 36.9 Å². The van der Waals surface area contributed by atoms with E-state index in [2.05, 4.69) is 12.2 Å². The van der Waals surface area contributed by atoms with Crippen molar-refractivity contribution in [2.24, 2.45) is 0 Å². The van der Waals surface area contributed by atoms with E-state index < -0.39 is 6.23 Å². The van der Waals surface area contributed by atoms with Crippen molar-refractivity contribution >= 4 is 23.4 Å². The number of rotatable bonds is 13. The molecule has 204 valence electrons. The maximum absolute atomic E-state index is 15.0. The van der Waals surface area contributed by atoms with Gasteiger partial charge in [0.1, 0.15) is 23.6 Å². The molecular weight excluding hydrogens is 503 g/mol. The molecule has 2 heterocycles. The number of hydrogen-bond donors (Lipinski definition) is 2. The Labute approximate surface area is 228 Å². The van der Waals surface area contributed by atoms with Gasteiger partial charge in [-0.15, -0.1) is 11.8 Å². The van der Waals surface area contributed by atoms with Crippen LogP contribution in [0.3, 0.4) is 0 Å². The molecular formula is C30H37FN2O4S. The fourth-order valence-electron chi connectivity index (χ4n) is 4.57. The molecule has 0 bridgehead atoms. The van der Waals surface area contributed by atoms with Gasteiger partial charge >= 0.3 is 0 Å². The summed E-state index contributed by atoms with van der Waals surface area (Å²) in [7, 11) is 0. The number of furan rings is 1. The summed E-state index contributed by atoms with van der Waals surface area (Å²) in [5, 5.41) is 13.7. The van der Waals surface area contributed by atoms with Crippen LogP contribution in [0.4, 0.5) is 10.1 Å². The third-order valence-electron chi connectivity index (χ3n) is 6.75. The Bertz CT molecular complexity index is 1190. The van der Waals surface area contributed by atoms with E-state index in [4.69, 9.17) is 9.15 Å². The van der Waals surface area contributed by atoms with Gasteiger partial charge in [-0.2, -0.15) is 0 Å². The number of anilines is 1. The number of thioether (sulfide) groups is 1. The van der Waals surface area contributed by atoms with Crippen LogP contribution in [0, 0.1) is 5.82 Å². The zero-order valence-corrected chi connectivity index (χ0v) is 22.9. The molecule has 0 radical (unpaired) electrons. The van der Waals surface area contributed by atoms with E-state index in [0.717, 1.165) is 23.4 Å². The van der Waals surface area contributed by atoms with Crippen molar-refractivity contribution in [1.82, 2.24) is 5.32 Å². The predicted octanol–water partition coefficient (Wildman–Crippen LogP) is 6.91. The Hall–Kier alpha value is -2.97. The van der Waals surface area contributed by atoms with Crippen molar-refractivity contribution < 1.29 is 23.4 Å². The highest BCUT2D eigenvalue weighted by atomic mass is 32.2. The fraction of sp³-hybridized carbons (Fsp3) is 0.433. The SMILES string of the molecule is CCCCCCCCOc1cccc(F)c1CN1c2ccc(C(=O)NCc3ccco3)cc2SC(C)C1O. The number of carbonyl (C=O) groups excluding carboxylic acids is 1. The third-order valence-corrected chi connectivity index (χ3v) is 7.94. The van der Waals surface area contributed by atoms with Gasteiger partial charge in [0.2, 0.25) is 0 Å². The number of benzene rings is 2. The van der Waals surface area contributed by atoms with E-state index in [-0.39, 0.29) is 23.5 Å². The Morgan fingerprint density at radius 3 is 2.74 bits per heavy atom. The number of aliphatic hydroxyl groups is 1. The average molecular weight is 541 g/mol. The highest BCUT2D eigenvalue weighted by molar-refractivity contribution is 8.00. The van der Waals surface area contributed by atoms with Crippen LogP contribution in [0.2, 0.25) is 0 Å². The first kappa shape index (κ1) is 28.0. The zero-order chi connectivity index (χ0) is 26.9. The summed E-state index contributed by atoms with van der Waals surface area (Å²) in [6.07, 6.45) is 7.65. The number of hydrogen-bond acceptors (Lipinski definition) is 6. The third kappa shape index (κ3) is 7.11. The van der Waals surface area contributed by atoms with Gasteiger partial charge < -0.3 is 24.5 Å².